The molecule has 1 unspecified atom stereocenters. The van der Waals surface area contributed by atoms with Crippen molar-refractivity contribution in [3.63, 3.8) is 0 Å². The van der Waals surface area contributed by atoms with E-state index in [0.29, 0.717) is 34.9 Å². The van der Waals surface area contributed by atoms with Gasteiger partial charge >= 0.3 is 0 Å². The SMILES string of the molecule is COc1cccc(Oc2ccc(NC(=O)c3ccc(CC(C)OC)nc3C)cc2)c1. The Morgan fingerprint density at radius 1 is 1.00 bits per heavy atom. The molecule has 6 heteroatoms. The van der Waals surface area contributed by atoms with Gasteiger partial charge in [-0.05, 0) is 62.4 Å². The Hall–Kier alpha value is -3.38. The minimum atomic E-state index is -0.201. The maximum Gasteiger partial charge on any atom is 0.257 e. The lowest BCUT2D eigenvalue weighted by molar-refractivity contribution is 0.102. The predicted molar refractivity (Wildman–Crippen MR) is 117 cm³/mol. The van der Waals surface area contributed by atoms with Gasteiger partial charge in [0.2, 0.25) is 0 Å². The third-order valence-corrected chi connectivity index (χ3v) is 4.68. The zero-order valence-electron chi connectivity index (χ0n) is 17.6. The van der Waals surface area contributed by atoms with Crippen molar-refractivity contribution in [2.45, 2.75) is 26.4 Å². The summed E-state index contributed by atoms with van der Waals surface area (Å²) in [6.07, 6.45) is 0.780. The van der Waals surface area contributed by atoms with Gasteiger partial charge in [0.15, 0.2) is 0 Å². The summed E-state index contributed by atoms with van der Waals surface area (Å²) in [5.41, 5.74) is 2.80. The van der Waals surface area contributed by atoms with Crippen LogP contribution in [0.3, 0.4) is 0 Å². The Labute approximate surface area is 176 Å². The van der Waals surface area contributed by atoms with Gasteiger partial charge in [-0.3, -0.25) is 9.78 Å². The molecule has 0 aliphatic carbocycles. The number of pyridine rings is 1. The minimum absolute atomic E-state index is 0.0780. The van der Waals surface area contributed by atoms with Crippen molar-refractivity contribution in [3.05, 3.63) is 77.6 Å². The molecule has 3 rings (SSSR count). The summed E-state index contributed by atoms with van der Waals surface area (Å²) in [6, 6.07) is 18.2. The molecule has 30 heavy (non-hydrogen) atoms. The van der Waals surface area contributed by atoms with E-state index in [1.54, 1.807) is 44.6 Å². The molecule has 0 radical (unpaired) electrons. The number of aromatic nitrogens is 1. The number of carbonyl (C=O) groups excluding carboxylic acids is 1. The number of amides is 1. The van der Waals surface area contributed by atoms with Crippen LogP contribution >= 0.6 is 0 Å². The van der Waals surface area contributed by atoms with Crippen molar-refractivity contribution in [1.82, 2.24) is 4.98 Å². The average Bonchev–Trinajstić information content (AvgIpc) is 2.75. The van der Waals surface area contributed by atoms with Gasteiger partial charge in [0.05, 0.1) is 24.5 Å². The fraction of sp³-hybridized carbons (Fsp3) is 0.250. The molecule has 0 bridgehead atoms. The van der Waals surface area contributed by atoms with Crippen LogP contribution in [0.1, 0.15) is 28.7 Å². The molecular formula is C24H26N2O4. The second-order valence-electron chi connectivity index (χ2n) is 6.95. The highest BCUT2D eigenvalue weighted by atomic mass is 16.5. The molecule has 0 saturated carbocycles. The number of rotatable bonds is 8. The van der Waals surface area contributed by atoms with Crippen LogP contribution in [-0.4, -0.2) is 31.2 Å². The summed E-state index contributed by atoms with van der Waals surface area (Å²) >= 11 is 0. The van der Waals surface area contributed by atoms with E-state index in [1.807, 2.05) is 44.2 Å². The average molecular weight is 406 g/mol. The van der Waals surface area contributed by atoms with Crippen molar-refractivity contribution < 1.29 is 19.0 Å². The molecule has 156 valence electrons. The molecule has 1 amide bonds. The van der Waals surface area contributed by atoms with Gasteiger partial charge in [-0.1, -0.05) is 6.07 Å². The summed E-state index contributed by atoms with van der Waals surface area (Å²) in [4.78, 5) is 17.2. The highest BCUT2D eigenvalue weighted by molar-refractivity contribution is 6.05. The highest BCUT2D eigenvalue weighted by Crippen LogP contribution is 2.26. The first-order chi connectivity index (χ1) is 14.5. The lowest BCUT2D eigenvalue weighted by Crippen LogP contribution is -2.16. The number of aryl methyl sites for hydroxylation is 1. The maximum atomic E-state index is 12.7. The van der Waals surface area contributed by atoms with Crippen LogP contribution in [0, 0.1) is 6.92 Å². The predicted octanol–water partition coefficient (Wildman–Crippen LogP) is 5.02. The van der Waals surface area contributed by atoms with Crippen LogP contribution in [0.5, 0.6) is 17.2 Å². The van der Waals surface area contributed by atoms with E-state index >= 15 is 0 Å². The summed E-state index contributed by atoms with van der Waals surface area (Å²) < 4.78 is 16.3. The van der Waals surface area contributed by atoms with Crippen LogP contribution in [0.2, 0.25) is 0 Å². The van der Waals surface area contributed by atoms with Gasteiger partial charge in [0.25, 0.3) is 5.91 Å². The number of hydrogen-bond donors (Lipinski definition) is 1. The second kappa shape index (κ2) is 9.89. The Morgan fingerprint density at radius 2 is 1.73 bits per heavy atom. The fourth-order valence-electron chi connectivity index (χ4n) is 2.95. The van der Waals surface area contributed by atoms with Crippen molar-refractivity contribution in [1.29, 1.82) is 0 Å². The van der Waals surface area contributed by atoms with Crippen molar-refractivity contribution in [2.24, 2.45) is 0 Å². The summed E-state index contributed by atoms with van der Waals surface area (Å²) in [6.45, 7) is 3.82. The second-order valence-corrected chi connectivity index (χ2v) is 6.95. The monoisotopic (exact) mass is 406 g/mol. The van der Waals surface area contributed by atoms with E-state index in [1.165, 1.54) is 0 Å². The third-order valence-electron chi connectivity index (χ3n) is 4.68. The van der Waals surface area contributed by atoms with Crippen LogP contribution in [0.15, 0.2) is 60.7 Å². The number of methoxy groups -OCH3 is 2. The molecule has 0 aliphatic rings. The third kappa shape index (κ3) is 5.58. The standard InChI is InChI=1S/C24H26N2O4/c1-16(28-3)14-19-10-13-23(17(2)25-19)24(27)26-18-8-11-20(12-9-18)30-22-7-5-6-21(15-22)29-4/h5-13,15-16H,14H2,1-4H3,(H,26,27). The van der Waals surface area contributed by atoms with E-state index in [2.05, 4.69) is 10.3 Å². The number of ether oxygens (including phenoxy) is 3. The van der Waals surface area contributed by atoms with Gasteiger partial charge in [-0.2, -0.15) is 0 Å². The largest absolute Gasteiger partial charge is 0.497 e. The van der Waals surface area contributed by atoms with Gasteiger partial charge < -0.3 is 19.5 Å². The molecule has 3 aromatic rings. The molecule has 1 heterocycles. The quantitative estimate of drug-likeness (QED) is 0.569. The van der Waals surface area contributed by atoms with E-state index < -0.39 is 0 Å². The van der Waals surface area contributed by atoms with Gasteiger partial charge in [0.1, 0.15) is 17.2 Å². The smallest absolute Gasteiger partial charge is 0.257 e. The molecule has 1 atom stereocenters. The lowest BCUT2D eigenvalue weighted by Gasteiger charge is -2.12. The van der Waals surface area contributed by atoms with Crippen LogP contribution in [0.25, 0.3) is 0 Å². The number of anilines is 1. The normalized spacial score (nSPS) is 11.6. The molecule has 2 aromatic carbocycles. The molecule has 0 aliphatic heterocycles. The molecule has 0 spiro atoms. The number of carbonyl (C=O) groups is 1. The van der Waals surface area contributed by atoms with Crippen molar-refractivity contribution >= 4 is 11.6 Å². The highest BCUT2D eigenvalue weighted by Gasteiger charge is 2.12. The fourth-order valence-corrected chi connectivity index (χ4v) is 2.95. The Balaban J connectivity index is 1.64. The topological polar surface area (TPSA) is 69.7 Å². The first-order valence-electron chi connectivity index (χ1n) is 9.71. The molecule has 0 fully saturated rings. The summed E-state index contributed by atoms with van der Waals surface area (Å²) in [7, 11) is 3.29. The maximum absolute atomic E-state index is 12.7. The molecule has 0 saturated heterocycles. The molecule has 1 aromatic heterocycles. The number of nitrogens with one attached hydrogen (secondary N) is 1. The molecule has 6 nitrogen and oxygen atoms in total. The van der Waals surface area contributed by atoms with Gasteiger partial charge in [-0.25, -0.2) is 0 Å². The number of benzene rings is 2. The lowest BCUT2D eigenvalue weighted by atomic mass is 10.1. The summed E-state index contributed by atoms with van der Waals surface area (Å²) in [5.74, 6) is 1.86. The van der Waals surface area contributed by atoms with E-state index in [0.717, 1.165) is 11.4 Å². The van der Waals surface area contributed by atoms with Crippen LogP contribution < -0.4 is 14.8 Å². The van der Waals surface area contributed by atoms with E-state index in [4.69, 9.17) is 14.2 Å². The number of hydrogen-bond acceptors (Lipinski definition) is 5. The first kappa shape index (κ1) is 21.3. The minimum Gasteiger partial charge on any atom is -0.497 e. The Bertz CT molecular complexity index is 1000. The van der Waals surface area contributed by atoms with E-state index in [9.17, 15) is 4.79 Å². The molecular weight excluding hydrogens is 380 g/mol. The van der Waals surface area contributed by atoms with Crippen molar-refractivity contribution in [3.8, 4) is 17.2 Å². The Morgan fingerprint density at radius 3 is 2.40 bits per heavy atom. The van der Waals surface area contributed by atoms with Crippen molar-refractivity contribution in [2.75, 3.05) is 19.5 Å². The van der Waals surface area contributed by atoms with Crippen LogP contribution in [0.4, 0.5) is 5.69 Å². The van der Waals surface area contributed by atoms with Gasteiger partial charge in [0, 0.05) is 31.0 Å². The van der Waals surface area contributed by atoms with E-state index in [-0.39, 0.29) is 12.0 Å². The molecule has 1 N–H and O–H groups in total. The van der Waals surface area contributed by atoms with Crippen LogP contribution in [-0.2, 0) is 11.2 Å². The van der Waals surface area contributed by atoms with Gasteiger partial charge in [-0.15, -0.1) is 0 Å². The first-order valence-corrected chi connectivity index (χ1v) is 9.71. The zero-order chi connectivity index (χ0) is 21.5. The number of nitrogens with zero attached hydrogens (tertiary/aromatic N) is 1. The Kier molecular flexibility index (Phi) is 7.03. The summed E-state index contributed by atoms with van der Waals surface area (Å²) in [5, 5.41) is 2.90. The zero-order valence-corrected chi connectivity index (χ0v) is 17.6.